The number of hydrogen-bond acceptors (Lipinski definition) is 7. The molecule has 1 amide bonds. The largest absolute Gasteiger partial charge is 0.507 e. The van der Waals surface area contributed by atoms with Gasteiger partial charge in [0, 0.05) is 23.9 Å². The Morgan fingerprint density at radius 2 is 1.72 bits per heavy atom. The van der Waals surface area contributed by atoms with Gasteiger partial charge in [0.1, 0.15) is 17.1 Å². The minimum Gasteiger partial charge on any atom is -0.507 e. The maximum atomic E-state index is 12.3. The van der Waals surface area contributed by atoms with Gasteiger partial charge in [-0.1, -0.05) is 24.3 Å². The molecule has 8 nitrogen and oxygen atoms in total. The van der Waals surface area contributed by atoms with Crippen molar-refractivity contribution >= 4 is 28.6 Å². The summed E-state index contributed by atoms with van der Waals surface area (Å²) in [5.74, 6) is -2.25. The van der Waals surface area contributed by atoms with E-state index in [2.05, 4.69) is 0 Å². The third kappa shape index (κ3) is 4.42. The van der Waals surface area contributed by atoms with Crippen molar-refractivity contribution in [2.45, 2.75) is 19.8 Å². The Labute approximate surface area is 167 Å². The number of rotatable bonds is 5. The Morgan fingerprint density at radius 1 is 1.07 bits per heavy atom. The van der Waals surface area contributed by atoms with Gasteiger partial charge in [-0.25, -0.2) is 4.79 Å². The predicted molar refractivity (Wildman–Crippen MR) is 103 cm³/mol. The number of carbonyl (C=O) groups is 3. The summed E-state index contributed by atoms with van der Waals surface area (Å²) in [4.78, 5) is 37.9. The molecule has 1 aliphatic heterocycles. The standard InChI is InChI=1S/C21H23NO7/c1-2-28-20(26)13-7-9-22(10-8-13)18(24)12-29-21(27)16-11-17(23)14-5-3-4-6-15(14)19(16)25/h3-6,11,13,23,25H,2,7-10,12H2,1H3. The van der Waals surface area contributed by atoms with Crippen LogP contribution in [0.1, 0.15) is 30.1 Å². The molecule has 29 heavy (non-hydrogen) atoms. The van der Waals surface area contributed by atoms with Crippen molar-refractivity contribution in [2.24, 2.45) is 5.92 Å². The van der Waals surface area contributed by atoms with E-state index in [1.807, 2.05) is 0 Å². The molecule has 0 aromatic heterocycles. The van der Waals surface area contributed by atoms with Crippen molar-refractivity contribution in [3.05, 3.63) is 35.9 Å². The fourth-order valence-electron chi connectivity index (χ4n) is 3.42. The highest BCUT2D eigenvalue weighted by Crippen LogP contribution is 2.35. The highest BCUT2D eigenvalue weighted by Gasteiger charge is 2.29. The van der Waals surface area contributed by atoms with E-state index in [4.69, 9.17) is 9.47 Å². The summed E-state index contributed by atoms with van der Waals surface area (Å²) in [5.41, 5.74) is -0.213. The molecule has 0 saturated carbocycles. The quantitative estimate of drug-likeness (QED) is 0.583. The third-order valence-electron chi connectivity index (χ3n) is 5.01. The number of piperidine rings is 1. The number of esters is 2. The molecule has 1 aliphatic rings. The molecule has 0 bridgehead atoms. The number of fused-ring (bicyclic) bond motifs is 1. The maximum Gasteiger partial charge on any atom is 0.342 e. The van der Waals surface area contributed by atoms with Gasteiger partial charge in [0.2, 0.25) is 0 Å². The Balaban J connectivity index is 1.59. The van der Waals surface area contributed by atoms with Gasteiger partial charge in [-0.2, -0.15) is 0 Å². The zero-order valence-corrected chi connectivity index (χ0v) is 16.1. The van der Waals surface area contributed by atoms with Gasteiger partial charge >= 0.3 is 11.9 Å². The lowest BCUT2D eigenvalue weighted by Gasteiger charge is -2.30. The average molecular weight is 401 g/mol. The predicted octanol–water partition coefficient (Wildman–Crippen LogP) is 2.21. The first-order chi connectivity index (χ1) is 13.9. The van der Waals surface area contributed by atoms with E-state index in [1.165, 1.54) is 4.90 Å². The van der Waals surface area contributed by atoms with Crippen molar-refractivity contribution in [2.75, 3.05) is 26.3 Å². The lowest BCUT2D eigenvalue weighted by molar-refractivity contribution is -0.151. The second kappa shape index (κ2) is 8.81. The lowest BCUT2D eigenvalue weighted by Crippen LogP contribution is -2.42. The number of aromatic hydroxyl groups is 2. The normalized spacial score (nSPS) is 14.6. The van der Waals surface area contributed by atoms with Crippen LogP contribution in [0.15, 0.2) is 30.3 Å². The van der Waals surface area contributed by atoms with E-state index in [1.54, 1.807) is 31.2 Å². The molecule has 1 fully saturated rings. The summed E-state index contributed by atoms with van der Waals surface area (Å²) in [6, 6.07) is 7.67. The number of benzene rings is 2. The van der Waals surface area contributed by atoms with Crippen LogP contribution < -0.4 is 0 Å². The molecule has 0 radical (unpaired) electrons. The van der Waals surface area contributed by atoms with Gasteiger partial charge in [-0.15, -0.1) is 0 Å². The number of nitrogens with zero attached hydrogens (tertiary/aromatic N) is 1. The zero-order chi connectivity index (χ0) is 21.0. The summed E-state index contributed by atoms with van der Waals surface area (Å²) in [5, 5.41) is 21.1. The number of amides is 1. The van der Waals surface area contributed by atoms with Crippen molar-refractivity contribution in [3.8, 4) is 11.5 Å². The molecule has 8 heteroatoms. The molecule has 0 aliphatic carbocycles. The molecular weight excluding hydrogens is 378 g/mol. The van der Waals surface area contributed by atoms with Crippen LogP contribution in [0, 0.1) is 5.92 Å². The van der Waals surface area contributed by atoms with E-state index < -0.39 is 12.6 Å². The number of phenolic OH excluding ortho intramolecular Hbond substituents is 2. The summed E-state index contributed by atoms with van der Waals surface area (Å²) in [6.45, 7) is 2.34. The Kier molecular flexibility index (Phi) is 6.21. The zero-order valence-electron chi connectivity index (χ0n) is 16.1. The minimum atomic E-state index is -0.904. The van der Waals surface area contributed by atoms with E-state index in [-0.39, 0.29) is 34.9 Å². The smallest absolute Gasteiger partial charge is 0.342 e. The van der Waals surface area contributed by atoms with Crippen LogP contribution in [0.5, 0.6) is 11.5 Å². The van der Waals surface area contributed by atoms with Crippen LogP contribution in [0.3, 0.4) is 0 Å². The molecule has 0 atom stereocenters. The van der Waals surface area contributed by atoms with Gasteiger partial charge < -0.3 is 24.6 Å². The van der Waals surface area contributed by atoms with Crippen LogP contribution in [0.2, 0.25) is 0 Å². The van der Waals surface area contributed by atoms with Crippen LogP contribution in [-0.4, -0.2) is 59.3 Å². The highest BCUT2D eigenvalue weighted by molar-refractivity contribution is 6.04. The summed E-state index contributed by atoms with van der Waals surface area (Å²) in [7, 11) is 0. The van der Waals surface area contributed by atoms with E-state index >= 15 is 0 Å². The molecule has 1 saturated heterocycles. The van der Waals surface area contributed by atoms with Crippen molar-refractivity contribution in [3.63, 3.8) is 0 Å². The Hall–Kier alpha value is -3.29. The van der Waals surface area contributed by atoms with E-state index in [9.17, 15) is 24.6 Å². The Morgan fingerprint density at radius 3 is 2.38 bits per heavy atom. The molecule has 2 aromatic rings. The van der Waals surface area contributed by atoms with E-state index in [0.29, 0.717) is 43.3 Å². The number of carbonyl (C=O) groups excluding carboxylic acids is 3. The van der Waals surface area contributed by atoms with Gasteiger partial charge in [-0.3, -0.25) is 9.59 Å². The molecule has 0 spiro atoms. The average Bonchev–Trinajstić information content (AvgIpc) is 2.74. The van der Waals surface area contributed by atoms with Crippen molar-refractivity contribution < 1.29 is 34.1 Å². The third-order valence-corrected chi connectivity index (χ3v) is 5.01. The SMILES string of the molecule is CCOC(=O)C1CCN(C(=O)COC(=O)c2cc(O)c3ccccc3c2O)CC1. The minimum absolute atomic E-state index is 0.169. The molecule has 3 rings (SSSR count). The Bertz CT molecular complexity index is 932. The monoisotopic (exact) mass is 401 g/mol. The fourth-order valence-corrected chi connectivity index (χ4v) is 3.42. The molecule has 0 unspecified atom stereocenters. The number of likely N-dealkylation sites (tertiary alicyclic amines) is 1. The number of hydrogen-bond donors (Lipinski definition) is 2. The first kappa shape index (κ1) is 20.4. The molecular formula is C21H23NO7. The van der Waals surface area contributed by atoms with E-state index in [0.717, 1.165) is 6.07 Å². The van der Waals surface area contributed by atoms with Crippen LogP contribution in [0.25, 0.3) is 10.8 Å². The molecule has 1 heterocycles. The second-order valence-electron chi connectivity index (χ2n) is 6.82. The summed E-state index contributed by atoms with van der Waals surface area (Å²) < 4.78 is 10.0. The molecule has 2 N–H and O–H groups in total. The van der Waals surface area contributed by atoms with Gasteiger partial charge in [0.05, 0.1) is 12.5 Å². The molecule has 154 valence electrons. The van der Waals surface area contributed by atoms with Crippen molar-refractivity contribution in [1.82, 2.24) is 4.90 Å². The van der Waals surface area contributed by atoms with Gasteiger partial charge in [0.25, 0.3) is 5.91 Å². The summed E-state index contributed by atoms with van der Waals surface area (Å²) in [6.07, 6.45) is 0.996. The lowest BCUT2D eigenvalue weighted by atomic mass is 9.97. The first-order valence-corrected chi connectivity index (χ1v) is 9.47. The maximum absolute atomic E-state index is 12.3. The fraction of sp³-hybridized carbons (Fsp3) is 0.381. The highest BCUT2D eigenvalue weighted by atomic mass is 16.5. The van der Waals surface area contributed by atoms with Gasteiger partial charge in [-0.05, 0) is 25.8 Å². The summed E-state index contributed by atoms with van der Waals surface area (Å²) >= 11 is 0. The first-order valence-electron chi connectivity index (χ1n) is 9.47. The van der Waals surface area contributed by atoms with Crippen molar-refractivity contribution in [1.29, 1.82) is 0 Å². The second-order valence-corrected chi connectivity index (χ2v) is 6.82. The molecule has 2 aromatic carbocycles. The van der Waals surface area contributed by atoms with Crippen LogP contribution >= 0.6 is 0 Å². The van der Waals surface area contributed by atoms with Crippen LogP contribution in [0.4, 0.5) is 0 Å². The van der Waals surface area contributed by atoms with Crippen LogP contribution in [-0.2, 0) is 19.1 Å². The topological polar surface area (TPSA) is 113 Å². The van der Waals surface area contributed by atoms with Gasteiger partial charge in [0.15, 0.2) is 6.61 Å². The number of ether oxygens (including phenoxy) is 2. The number of phenols is 2.